The van der Waals surface area contributed by atoms with Gasteiger partial charge in [0.05, 0.1) is 19.8 Å². The second kappa shape index (κ2) is 8.93. The Morgan fingerprint density at radius 3 is 2.36 bits per heavy atom. The Morgan fingerprint density at radius 1 is 1.50 bits per heavy atom. The molecule has 3 N–H and O–H groups in total. The molecule has 0 spiro atoms. The highest BCUT2D eigenvalue weighted by Gasteiger charge is 2.07. The number of hydrogen-bond donors (Lipinski definition) is 2. The zero-order valence-electron chi connectivity index (χ0n) is 8.74. The van der Waals surface area contributed by atoms with Gasteiger partial charge < -0.3 is 15.6 Å². The molecule has 1 fully saturated rings. The summed E-state index contributed by atoms with van der Waals surface area (Å²) in [6.07, 6.45) is 1.26. The summed E-state index contributed by atoms with van der Waals surface area (Å²) in [4.78, 5) is 11.7. The van der Waals surface area contributed by atoms with Crippen LogP contribution in [0.5, 0.6) is 0 Å². The fourth-order valence-corrected chi connectivity index (χ4v) is 1.14. The normalized spacial score (nSPS) is 17.0. The summed E-state index contributed by atoms with van der Waals surface area (Å²) < 4.78 is 5.20. The molecule has 0 bridgehead atoms. The monoisotopic (exact) mass is 204 g/mol. The maximum absolute atomic E-state index is 9.24. The fourth-order valence-electron chi connectivity index (χ4n) is 1.14. The molecular formula is C9H20N2O3. The fraction of sp³-hybridized carbons (Fsp3) is 0.889. The van der Waals surface area contributed by atoms with Crippen molar-refractivity contribution in [2.24, 2.45) is 5.73 Å². The second-order valence-electron chi connectivity index (χ2n) is 3.05. The van der Waals surface area contributed by atoms with E-state index in [-0.39, 0.29) is 6.54 Å². The van der Waals surface area contributed by atoms with Crippen molar-refractivity contribution < 1.29 is 14.6 Å². The van der Waals surface area contributed by atoms with E-state index >= 15 is 0 Å². The number of nitrogens with zero attached hydrogens (tertiary/aromatic N) is 1. The van der Waals surface area contributed by atoms with Crippen molar-refractivity contribution in [2.45, 2.75) is 13.3 Å². The average molecular weight is 204 g/mol. The lowest BCUT2D eigenvalue weighted by Crippen LogP contribution is -2.36. The molecule has 5 heteroatoms. The van der Waals surface area contributed by atoms with Gasteiger partial charge in [-0.05, 0) is 13.0 Å². The van der Waals surface area contributed by atoms with Gasteiger partial charge in [-0.2, -0.15) is 0 Å². The lowest BCUT2D eigenvalue weighted by atomic mass is 10.4. The zero-order chi connectivity index (χ0) is 10.8. The number of hydrogen-bond acceptors (Lipinski definition) is 4. The van der Waals surface area contributed by atoms with Crippen LogP contribution in [-0.4, -0.2) is 55.4 Å². The summed E-state index contributed by atoms with van der Waals surface area (Å²) >= 11 is 0. The minimum absolute atomic E-state index is 0.278. The van der Waals surface area contributed by atoms with E-state index in [2.05, 4.69) is 17.6 Å². The first-order valence-corrected chi connectivity index (χ1v) is 4.92. The van der Waals surface area contributed by atoms with Crippen LogP contribution in [-0.2, 0) is 9.53 Å². The van der Waals surface area contributed by atoms with Crippen LogP contribution < -0.4 is 5.73 Å². The first-order chi connectivity index (χ1) is 6.70. The number of morpholine rings is 1. The molecule has 0 aromatic carbocycles. The average Bonchev–Trinajstić information content (AvgIpc) is 2.21. The first-order valence-electron chi connectivity index (χ1n) is 4.92. The van der Waals surface area contributed by atoms with Gasteiger partial charge in [0, 0.05) is 13.1 Å². The Balaban J connectivity index is 0.000000292. The molecule has 1 rings (SSSR count). The molecule has 0 aromatic rings. The zero-order valence-corrected chi connectivity index (χ0v) is 8.74. The molecule has 5 nitrogen and oxygen atoms in total. The molecule has 0 unspecified atom stereocenters. The van der Waals surface area contributed by atoms with Crippen molar-refractivity contribution in [3.63, 3.8) is 0 Å². The smallest absolute Gasteiger partial charge is 0.317 e. The van der Waals surface area contributed by atoms with Gasteiger partial charge in [0.25, 0.3) is 0 Å². The number of aliphatic carboxylic acids is 1. The standard InChI is InChI=1S/C7H15NO.C2H5NO2/c1-2-3-8-4-6-9-7-5-8;3-1-2(4)5/h2-7H2,1H3;1,3H2,(H,4,5). The van der Waals surface area contributed by atoms with Gasteiger partial charge in [0.2, 0.25) is 0 Å². The molecule has 0 amide bonds. The van der Waals surface area contributed by atoms with E-state index in [0.717, 1.165) is 26.3 Å². The number of carboxylic acids is 1. The van der Waals surface area contributed by atoms with Crippen LogP contribution in [0.25, 0.3) is 0 Å². The van der Waals surface area contributed by atoms with Crippen LogP contribution in [0.2, 0.25) is 0 Å². The van der Waals surface area contributed by atoms with E-state index in [1.165, 1.54) is 13.0 Å². The number of carboxylic acid groups (broad SMARTS) is 1. The molecule has 1 aliphatic heterocycles. The third kappa shape index (κ3) is 7.97. The lowest BCUT2D eigenvalue weighted by molar-refractivity contribution is -0.135. The van der Waals surface area contributed by atoms with Gasteiger partial charge in [-0.25, -0.2) is 0 Å². The molecule has 0 radical (unpaired) electrons. The van der Waals surface area contributed by atoms with E-state index in [1.807, 2.05) is 0 Å². The predicted octanol–water partition coefficient (Wildman–Crippen LogP) is -0.242. The summed E-state index contributed by atoms with van der Waals surface area (Å²) in [5.74, 6) is -0.968. The summed E-state index contributed by atoms with van der Waals surface area (Å²) in [5.41, 5.74) is 4.57. The van der Waals surface area contributed by atoms with Crippen molar-refractivity contribution in [1.82, 2.24) is 4.90 Å². The molecule has 0 aromatic heterocycles. The van der Waals surface area contributed by atoms with Crippen molar-refractivity contribution >= 4 is 5.97 Å². The molecule has 14 heavy (non-hydrogen) atoms. The predicted molar refractivity (Wildman–Crippen MR) is 54.2 cm³/mol. The SMILES string of the molecule is CCCN1CCOCC1.NCC(=O)O. The van der Waals surface area contributed by atoms with Crippen molar-refractivity contribution in [1.29, 1.82) is 0 Å². The molecule has 1 heterocycles. The minimum Gasteiger partial charge on any atom is -0.480 e. The summed E-state index contributed by atoms with van der Waals surface area (Å²) in [7, 11) is 0. The molecular weight excluding hydrogens is 184 g/mol. The first kappa shape index (κ1) is 13.4. The lowest BCUT2D eigenvalue weighted by Gasteiger charge is -2.25. The van der Waals surface area contributed by atoms with Crippen LogP contribution >= 0.6 is 0 Å². The Morgan fingerprint density at radius 2 is 2.00 bits per heavy atom. The van der Waals surface area contributed by atoms with Crippen LogP contribution in [0.3, 0.4) is 0 Å². The Hall–Kier alpha value is -0.650. The number of ether oxygens (including phenoxy) is 1. The minimum atomic E-state index is -0.968. The van der Waals surface area contributed by atoms with Gasteiger partial charge in [0.15, 0.2) is 0 Å². The number of carbonyl (C=O) groups is 1. The van der Waals surface area contributed by atoms with Crippen LogP contribution in [0.15, 0.2) is 0 Å². The summed E-state index contributed by atoms with van der Waals surface area (Å²) in [6.45, 7) is 7.31. The molecule has 1 saturated heterocycles. The summed E-state index contributed by atoms with van der Waals surface area (Å²) in [6, 6.07) is 0. The molecule has 0 atom stereocenters. The van der Waals surface area contributed by atoms with E-state index in [1.54, 1.807) is 0 Å². The number of nitrogens with two attached hydrogens (primary N) is 1. The quantitative estimate of drug-likeness (QED) is 0.663. The van der Waals surface area contributed by atoms with E-state index in [0.29, 0.717) is 0 Å². The van der Waals surface area contributed by atoms with E-state index < -0.39 is 5.97 Å². The van der Waals surface area contributed by atoms with Gasteiger partial charge in [-0.1, -0.05) is 6.92 Å². The van der Waals surface area contributed by atoms with Crippen molar-refractivity contribution in [2.75, 3.05) is 39.4 Å². The van der Waals surface area contributed by atoms with E-state index in [4.69, 9.17) is 9.84 Å². The van der Waals surface area contributed by atoms with Gasteiger partial charge in [0.1, 0.15) is 0 Å². The largest absolute Gasteiger partial charge is 0.480 e. The van der Waals surface area contributed by atoms with Gasteiger partial charge in [-0.15, -0.1) is 0 Å². The molecule has 0 saturated carbocycles. The van der Waals surface area contributed by atoms with Crippen molar-refractivity contribution in [3.05, 3.63) is 0 Å². The second-order valence-corrected chi connectivity index (χ2v) is 3.05. The van der Waals surface area contributed by atoms with Crippen molar-refractivity contribution in [3.8, 4) is 0 Å². The highest BCUT2D eigenvalue weighted by atomic mass is 16.5. The third-order valence-electron chi connectivity index (χ3n) is 1.82. The highest BCUT2D eigenvalue weighted by Crippen LogP contribution is 1.96. The van der Waals surface area contributed by atoms with Crippen LogP contribution in [0, 0.1) is 0 Å². The molecule has 0 aliphatic carbocycles. The third-order valence-corrected chi connectivity index (χ3v) is 1.82. The topological polar surface area (TPSA) is 75.8 Å². The van der Waals surface area contributed by atoms with E-state index in [9.17, 15) is 4.79 Å². The Bertz CT molecular complexity index is 144. The van der Waals surface area contributed by atoms with Gasteiger partial charge in [-0.3, -0.25) is 9.69 Å². The maximum Gasteiger partial charge on any atom is 0.317 e. The summed E-state index contributed by atoms with van der Waals surface area (Å²) in [5, 5.41) is 7.60. The highest BCUT2D eigenvalue weighted by molar-refractivity contribution is 5.68. The Kier molecular flexibility index (Phi) is 8.51. The number of rotatable bonds is 3. The molecule has 1 aliphatic rings. The Labute approximate surface area is 84.8 Å². The van der Waals surface area contributed by atoms with Crippen LogP contribution in [0.1, 0.15) is 13.3 Å². The van der Waals surface area contributed by atoms with Crippen LogP contribution in [0.4, 0.5) is 0 Å². The maximum atomic E-state index is 9.24. The van der Waals surface area contributed by atoms with Gasteiger partial charge >= 0.3 is 5.97 Å². The molecule has 84 valence electrons.